The van der Waals surface area contributed by atoms with Crippen molar-refractivity contribution in [3.05, 3.63) is 73.2 Å². The Labute approximate surface area is 167 Å². The van der Waals surface area contributed by atoms with Gasteiger partial charge in [0.15, 0.2) is 5.82 Å². The van der Waals surface area contributed by atoms with Gasteiger partial charge in [0.25, 0.3) is 0 Å². The molecule has 7 nitrogen and oxygen atoms in total. The second kappa shape index (κ2) is 6.94. The summed E-state index contributed by atoms with van der Waals surface area (Å²) < 4.78 is 1.81. The van der Waals surface area contributed by atoms with Crippen LogP contribution in [0.2, 0.25) is 0 Å². The molecule has 0 aliphatic carbocycles. The summed E-state index contributed by atoms with van der Waals surface area (Å²) in [6.07, 6.45) is 9.12. The monoisotopic (exact) mass is 381 g/mol. The molecule has 142 valence electrons. The lowest BCUT2D eigenvalue weighted by atomic mass is 10.0. The maximum Gasteiger partial charge on any atom is 0.156 e. The van der Waals surface area contributed by atoms with Crippen LogP contribution in [0.5, 0.6) is 0 Å². The number of aromatic nitrogens is 6. The van der Waals surface area contributed by atoms with Crippen LogP contribution in [0, 0.1) is 0 Å². The maximum absolute atomic E-state index is 4.72. The molecule has 0 aliphatic rings. The Morgan fingerprint density at radius 2 is 1.93 bits per heavy atom. The molecule has 1 aromatic carbocycles. The summed E-state index contributed by atoms with van der Waals surface area (Å²) in [5.41, 5.74) is 4.70. The molecule has 0 unspecified atom stereocenters. The smallest absolute Gasteiger partial charge is 0.156 e. The van der Waals surface area contributed by atoms with Gasteiger partial charge in [0, 0.05) is 36.6 Å². The van der Waals surface area contributed by atoms with Crippen molar-refractivity contribution >= 4 is 27.6 Å². The Morgan fingerprint density at radius 3 is 2.79 bits per heavy atom. The van der Waals surface area contributed by atoms with Crippen LogP contribution in [0.1, 0.15) is 18.7 Å². The molecule has 1 N–H and O–H groups in total. The Balaban J connectivity index is 1.50. The highest BCUT2D eigenvalue weighted by Crippen LogP contribution is 2.30. The first-order valence-corrected chi connectivity index (χ1v) is 9.39. The van der Waals surface area contributed by atoms with E-state index in [1.165, 1.54) is 0 Å². The van der Waals surface area contributed by atoms with Crippen molar-refractivity contribution in [3.8, 4) is 11.1 Å². The Bertz CT molecular complexity index is 1320. The number of pyridine rings is 2. The highest BCUT2D eigenvalue weighted by atomic mass is 15.2. The molecule has 5 rings (SSSR count). The van der Waals surface area contributed by atoms with Crippen LogP contribution in [0.4, 0.5) is 5.82 Å². The zero-order valence-corrected chi connectivity index (χ0v) is 16.1. The highest BCUT2D eigenvalue weighted by molar-refractivity contribution is 5.96. The third-order valence-electron chi connectivity index (χ3n) is 4.99. The van der Waals surface area contributed by atoms with Gasteiger partial charge in [-0.3, -0.25) is 14.6 Å². The molecule has 0 saturated carbocycles. The van der Waals surface area contributed by atoms with Crippen LogP contribution >= 0.6 is 0 Å². The number of aryl methyl sites for hydroxylation is 1. The van der Waals surface area contributed by atoms with Crippen molar-refractivity contribution in [1.82, 2.24) is 29.7 Å². The zero-order valence-electron chi connectivity index (χ0n) is 16.1. The lowest BCUT2D eigenvalue weighted by Crippen LogP contribution is -2.10. The second-order valence-corrected chi connectivity index (χ2v) is 7.00. The van der Waals surface area contributed by atoms with E-state index in [1.807, 2.05) is 42.5 Å². The fraction of sp³-hybridized carbons (Fsp3) is 0.136. The highest BCUT2D eigenvalue weighted by Gasteiger charge is 2.13. The van der Waals surface area contributed by atoms with E-state index < -0.39 is 0 Å². The zero-order chi connectivity index (χ0) is 19.8. The van der Waals surface area contributed by atoms with Gasteiger partial charge >= 0.3 is 0 Å². The minimum atomic E-state index is -0.0402. The predicted molar refractivity (Wildman–Crippen MR) is 113 cm³/mol. The van der Waals surface area contributed by atoms with Crippen molar-refractivity contribution < 1.29 is 0 Å². The largest absolute Gasteiger partial charge is 0.360 e. The summed E-state index contributed by atoms with van der Waals surface area (Å²) in [6.45, 7) is 2.07. The Kier molecular flexibility index (Phi) is 4.13. The van der Waals surface area contributed by atoms with Gasteiger partial charge in [0.05, 0.1) is 23.4 Å². The molecule has 0 saturated heterocycles. The molecule has 0 aliphatic heterocycles. The number of fused-ring (bicyclic) bond motifs is 2. The van der Waals surface area contributed by atoms with E-state index in [1.54, 1.807) is 12.5 Å². The average Bonchev–Trinajstić information content (AvgIpc) is 3.19. The van der Waals surface area contributed by atoms with Crippen LogP contribution in [0.15, 0.2) is 67.5 Å². The molecule has 7 heteroatoms. The third kappa shape index (κ3) is 3.16. The standard InChI is InChI=1S/C22H19N7/c1-14(28-22-21-19(25-13-26-22)7-4-8-23-21)20-9-15-5-3-6-17(18(15)11-24-20)16-10-27-29(2)12-16/h3-14H,1-2H3,(H,25,26,28)/t14-/m0/s1. The van der Waals surface area contributed by atoms with Gasteiger partial charge in [-0.25, -0.2) is 9.97 Å². The molecular formula is C22H19N7. The first-order valence-electron chi connectivity index (χ1n) is 9.39. The summed E-state index contributed by atoms with van der Waals surface area (Å²) in [5, 5.41) is 9.95. The first kappa shape index (κ1) is 17.2. The number of hydrogen-bond acceptors (Lipinski definition) is 6. The Morgan fingerprint density at radius 1 is 1.00 bits per heavy atom. The maximum atomic E-state index is 4.72. The number of nitrogens with zero attached hydrogens (tertiary/aromatic N) is 6. The lowest BCUT2D eigenvalue weighted by Gasteiger charge is -2.16. The number of anilines is 1. The molecule has 0 radical (unpaired) electrons. The Hall–Kier alpha value is -3.87. The quantitative estimate of drug-likeness (QED) is 0.504. The molecular weight excluding hydrogens is 362 g/mol. The summed E-state index contributed by atoms with van der Waals surface area (Å²) in [6, 6.07) is 12.1. The van der Waals surface area contributed by atoms with Gasteiger partial charge in [-0.05, 0) is 36.1 Å². The summed E-state index contributed by atoms with van der Waals surface area (Å²) in [5.74, 6) is 0.703. The van der Waals surface area contributed by atoms with E-state index in [4.69, 9.17) is 4.98 Å². The van der Waals surface area contributed by atoms with Gasteiger partial charge in [-0.15, -0.1) is 0 Å². The minimum Gasteiger partial charge on any atom is -0.360 e. The summed E-state index contributed by atoms with van der Waals surface area (Å²) in [7, 11) is 1.92. The second-order valence-electron chi connectivity index (χ2n) is 7.00. The molecule has 0 amide bonds. The number of nitrogens with one attached hydrogen (secondary N) is 1. The summed E-state index contributed by atoms with van der Waals surface area (Å²) in [4.78, 5) is 17.8. The van der Waals surface area contributed by atoms with Crippen molar-refractivity contribution in [2.24, 2.45) is 7.05 Å². The topological polar surface area (TPSA) is 81.4 Å². The van der Waals surface area contributed by atoms with Crippen molar-refractivity contribution in [2.45, 2.75) is 13.0 Å². The first-order chi connectivity index (χ1) is 14.2. The van der Waals surface area contributed by atoms with E-state index in [9.17, 15) is 0 Å². The van der Waals surface area contributed by atoms with Crippen LogP contribution in [-0.2, 0) is 7.05 Å². The lowest BCUT2D eigenvalue weighted by molar-refractivity contribution is 0.768. The fourth-order valence-corrected chi connectivity index (χ4v) is 3.52. The SMILES string of the molecule is C[C@H](Nc1ncnc2cccnc12)c1cc2cccc(-c3cnn(C)c3)c2cn1. The van der Waals surface area contributed by atoms with Crippen LogP contribution in [-0.4, -0.2) is 29.7 Å². The molecule has 0 bridgehead atoms. The van der Waals surface area contributed by atoms with E-state index >= 15 is 0 Å². The predicted octanol–water partition coefficient (Wildman–Crippen LogP) is 4.15. The average molecular weight is 381 g/mol. The fourth-order valence-electron chi connectivity index (χ4n) is 3.52. The molecule has 4 aromatic heterocycles. The van der Waals surface area contributed by atoms with Gasteiger partial charge in [0.1, 0.15) is 11.8 Å². The van der Waals surface area contributed by atoms with Gasteiger partial charge < -0.3 is 5.32 Å². The van der Waals surface area contributed by atoms with E-state index in [0.717, 1.165) is 38.6 Å². The van der Waals surface area contributed by atoms with Gasteiger partial charge in [-0.1, -0.05) is 18.2 Å². The molecule has 0 spiro atoms. The third-order valence-corrected chi connectivity index (χ3v) is 4.99. The van der Waals surface area contributed by atoms with E-state index in [2.05, 4.69) is 56.6 Å². The van der Waals surface area contributed by atoms with Crippen molar-refractivity contribution in [1.29, 1.82) is 0 Å². The molecule has 0 fully saturated rings. The number of rotatable bonds is 4. The summed E-state index contributed by atoms with van der Waals surface area (Å²) >= 11 is 0. The number of hydrogen-bond donors (Lipinski definition) is 1. The van der Waals surface area contributed by atoms with Crippen molar-refractivity contribution in [2.75, 3.05) is 5.32 Å². The van der Waals surface area contributed by atoms with Gasteiger partial charge in [0.2, 0.25) is 0 Å². The molecule has 4 heterocycles. The van der Waals surface area contributed by atoms with Crippen LogP contribution in [0.25, 0.3) is 32.9 Å². The number of benzene rings is 1. The van der Waals surface area contributed by atoms with Crippen LogP contribution in [0.3, 0.4) is 0 Å². The molecule has 5 aromatic rings. The normalized spacial score (nSPS) is 12.3. The van der Waals surface area contributed by atoms with E-state index in [-0.39, 0.29) is 6.04 Å². The minimum absolute atomic E-state index is 0.0402. The van der Waals surface area contributed by atoms with E-state index in [0.29, 0.717) is 5.82 Å². The van der Waals surface area contributed by atoms with Crippen LogP contribution < -0.4 is 5.32 Å². The molecule has 1 atom stereocenters. The van der Waals surface area contributed by atoms with Gasteiger partial charge in [-0.2, -0.15) is 5.10 Å². The molecule has 29 heavy (non-hydrogen) atoms. The van der Waals surface area contributed by atoms with Crippen molar-refractivity contribution in [3.63, 3.8) is 0 Å².